The van der Waals surface area contributed by atoms with Crippen LogP contribution in [0.15, 0.2) is 39.8 Å². The predicted molar refractivity (Wildman–Crippen MR) is 118 cm³/mol. The van der Waals surface area contributed by atoms with E-state index in [1.165, 1.54) is 47.7 Å². The Morgan fingerprint density at radius 3 is 2.64 bits per heavy atom. The molecular formula is C18H23N3O3S4. The second kappa shape index (κ2) is 12.4. The van der Waals surface area contributed by atoms with Crippen LogP contribution in [0.1, 0.15) is 18.9 Å². The van der Waals surface area contributed by atoms with Crippen molar-refractivity contribution in [2.75, 3.05) is 19.1 Å². The number of nitrogens with zero attached hydrogens (tertiary/aromatic N) is 2. The molecule has 0 bridgehead atoms. The molecule has 0 saturated heterocycles. The Labute approximate surface area is 182 Å². The molecule has 28 heavy (non-hydrogen) atoms. The van der Waals surface area contributed by atoms with Crippen LogP contribution >= 0.6 is 46.8 Å². The number of benzene rings is 1. The fraction of sp³-hybridized carbons (Fsp3) is 0.444. The first-order chi connectivity index (χ1) is 13.6. The molecule has 0 aliphatic rings. The fourth-order valence-electron chi connectivity index (χ4n) is 2.22. The standard InChI is InChI=1S/C18H23N3O3S4/c1-4-14(27-18-20-17(25-3)21-28-18)15(22)19-13(16(23)24-2)11-26-10-12-8-6-5-7-9-12/h5-9,13-14H,4,10-11H2,1-3H3,(H,19,22)/t13-,14+/m0/s1. The first kappa shape index (κ1) is 23.1. The number of aromatic nitrogens is 2. The number of esters is 1. The summed E-state index contributed by atoms with van der Waals surface area (Å²) in [5.74, 6) is 0.584. The molecular weight excluding hydrogens is 434 g/mol. The zero-order valence-corrected chi connectivity index (χ0v) is 19.2. The Hall–Kier alpha value is -1.23. The molecule has 0 spiro atoms. The molecule has 152 valence electrons. The van der Waals surface area contributed by atoms with Crippen molar-refractivity contribution in [3.8, 4) is 0 Å². The van der Waals surface area contributed by atoms with Gasteiger partial charge in [-0.05, 0) is 29.8 Å². The van der Waals surface area contributed by atoms with Crippen molar-refractivity contribution in [3.63, 3.8) is 0 Å². The highest BCUT2D eigenvalue weighted by Gasteiger charge is 2.27. The highest BCUT2D eigenvalue weighted by atomic mass is 32.2. The molecule has 0 aliphatic carbocycles. The summed E-state index contributed by atoms with van der Waals surface area (Å²) in [6, 6.07) is 9.31. The van der Waals surface area contributed by atoms with Gasteiger partial charge in [0.15, 0.2) is 4.34 Å². The van der Waals surface area contributed by atoms with Gasteiger partial charge in [-0.15, -0.1) is 0 Å². The zero-order chi connectivity index (χ0) is 20.4. The summed E-state index contributed by atoms with van der Waals surface area (Å²) < 4.78 is 9.83. The number of thioether (sulfide) groups is 3. The quantitative estimate of drug-likeness (QED) is 0.404. The van der Waals surface area contributed by atoms with E-state index in [2.05, 4.69) is 14.7 Å². The second-order valence-corrected chi connectivity index (χ2v) is 9.65. The maximum absolute atomic E-state index is 12.7. The van der Waals surface area contributed by atoms with Crippen LogP contribution in [0.4, 0.5) is 0 Å². The van der Waals surface area contributed by atoms with Crippen molar-refractivity contribution in [2.24, 2.45) is 0 Å². The average molecular weight is 458 g/mol. The van der Waals surface area contributed by atoms with E-state index >= 15 is 0 Å². The van der Waals surface area contributed by atoms with Crippen molar-refractivity contribution in [3.05, 3.63) is 35.9 Å². The molecule has 1 amide bonds. The number of hydrogen-bond acceptors (Lipinski definition) is 9. The Balaban J connectivity index is 1.92. The maximum Gasteiger partial charge on any atom is 0.329 e. The van der Waals surface area contributed by atoms with Gasteiger partial charge in [-0.25, -0.2) is 9.78 Å². The number of hydrogen-bond donors (Lipinski definition) is 1. The molecule has 2 atom stereocenters. The minimum atomic E-state index is -0.683. The monoisotopic (exact) mass is 457 g/mol. The first-order valence-electron chi connectivity index (χ1n) is 8.61. The topological polar surface area (TPSA) is 81.2 Å². The van der Waals surface area contributed by atoms with Gasteiger partial charge in [0, 0.05) is 11.5 Å². The first-order valence-corrected chi connectivity index (χ1v) is 12.6. The smallest absolute Gasteiger partial charge is 0.329 e. The number of rotatable bonds is 11. The molecule has 0 unspecified atom stereocenters. The van der Waals surface area contributed by atoms with Gasteiger partial charge in [0.25, 0.3) is 0 Å². The molecule has 2 rings (SSSR count). The highest BCUT2D eigenvalue weighted by Crippen LogP contribution is 2.29. The predicted octanol–water partition coefficient (Wildman–Crippen LogP) is 3.72. The van der Waals surface area contributed by atoms with Gasteiger partial charge in [0.2, 0.25) is 11.1 Å². The normalized spacial score (nSPS) is 13.0. The third kappa shape index (κ3) is 7.31. The van der Waals surface area contributed by atoms with Crippen LogP contribution in [0.5, 0.6) is 0 Å². The highest BCUT2D eigenvalue weighted by molar-refractivity contribution is 8.02. The second-order valence-electron chi connectivity index (χ2n) is 5.65. The third-order valence-corrected chi connectivity index (χ3v) is 7.59. The number of ether oxygens (including phenoxy) is 1. The van der Waals surface area contributed by atoms with Crippen molar-refractivity contribution < 1.29 is 14.3 Å². The van der Waals surface area contributed by atoms with Crippen LogP contribution in [-0.4, -0.2) is 51.6 Å². The molecule has 10 heteroatoms. The molecule has 1 N–H and O–H groups in total. The van der Waals surface area contributed by atoms with Crippen LogP contribution in [0, 0.1) is 0 Å². The molecule has 2 aromatic rings. The number of nitrogens with one attached hydrogen (secondary N) is 1. The van der Waals surface area contributed by atoms with Crippen LogP contribution in [0.25, 0.3) is 0 Å². The van der Waals surface area contributed by atoms with E-state index in [1.807, 2.05) is 43.5 Å². The van der Waals surface area contributed by atoms with E-state index < -0.39 is 12.0 Å². The van der Waals surface area contributed by atoms with E-state index in [0.29, 0.717) is 17.3 Å². The molecule has 1 aromatic heterocycles. The maximum atomic E-state index is 12.7. The molecule has 0 saturated carbocycles. The van der Waals surface area contributed by atoms with Crippen molar-refractivity contribution in [1.29, 1.82) is 0 Å². The molecule has 0 fully saturated rings. The molecule has 1 heterocycles. The van der Waals surface area contributed by atoms with E-state index in [1.54, 1.807) is 11.8 Å². The summed E-state index contributed by atoms with van der Waals surface area (Å²) in [5.41, 5.74) is 1.17. The number of methoxy groups -OCH3 is 1. The van der Waals surface area contributed by atoms with Gasteiger partial charge in [0.05, 0.1) is 12.4 Å². The van der Waals surface area contributed by atoms with Gasteiger partial charge in [-0.2, -0.15) is 16.1 Å². The lowest BCUT2D eigenvalue weighted by Crippen LogP contribution is -2.46. The van der Waals surface area contributed by atoms with Gasteiger partial charge in [-0.3, -0.25) is 4.79 Å². The van der Waals surface area contributed by atoms with Crippen LogP contribution in [0.2, 0.25) is 0 Å². The number of amides is 1. The fourth-order valence-corrected chi connectivity index (χ4v) is 5.61. The van der Waals surface area contributed by atoms with Crippen LogP contribution in [-0.2, 0) is 20.1 Å². The van der Waals surface area contributed by atoms with Crippen molar-refractivity contribution in [1.82, 2.24) is 14.7 Å². The van der Waals surface area contributed by atoms with Crippen LogP contribution < -0.4 is 5.32 Å². The summed E-state index contributed by atoms with van der Waals surface area (Å²) in [6.07, 6.45) is 2.53. The Kier molecular flexibility index (Phi) is 10.2. The van der Waals surface area contributed by atoms with Gasteiger partial charge in [-0.1, -0.05) is 60.8 Å². The average Bonchev–Trinajstić information content (AvgIpc) is 3.19. The van der Waals surface area contributed by atoms with Gasteiger partial charge < -0.3 is 10.1 Å². The Morgan fingerprint density at radius 1 is 1.29 bits per heavy atom. The molecule has 0 radical (unpaired) electrons. The molecule has 1 aromatic carbocycles. The summed E-state index contributed by atoms with van der Waals surface area (Å²) in [7, 11) is 1.33. The van der Waals surface area contributed by atoms with Gasteiger partial charge in [0.1, 0.15) is 6.04 Å². The van der Waals surface area contributed by atoms with Crippen molar-refractivity contribution >= 4 is 58.7 Å². The Bertz CT molecular complexity index is 758. The van der Waals surface area contributed by atoms with Crippen molar-refractivity contribution in [2.45, 2.75) is 39.9 Å². The zero-order valence-electron chi connectivity index (χ0n) is 15.9. The summed E-state index contributed by atoms with van der Waals surface area (Å²) in [6.45, 7) is 1.94. The lowest BCUT2D eigenvalue weighted by molar-refractivity contribution is -0.144. The third-order valence-electron chi connectivity index (χ3n) is 3.68. The molecule has 6 nitrogen and oxygen atoms in total. The summed E-state index contributed by atoms with van der Waals surface area (Å²) >= 11 is 5.71. The molecule has 0 aliphatic heterocycles. The number of carbonyl (C=O) groups is 2. The minimum absolute atomic E-state index is 0.191. The number of carbonyl (C=O) groups excluding carboxylic acids is 2. The Morgan fingerprint density at radius 2 is 2.04 bits per heavy atom. The SMILES string of the molecule is CC[C@@H](Sc1nc(SC)ns1)C(=O)N[C@@H](CSCc1ccccc1)C(=O)OC. The largest absolute Gasteiger partial charge is 0.467 e. The van der Waals surface area contributed by atoms with E-state index in [0.717, 1.165) is 10.1 Å². The minimum Gasteiger partial charge on any atom is -0.467 e. The lowest BCUT2D eigenvalue weighted by Gasteiger charge is -2.19. The van der Waals surface area contributed by atoms with E-state index in [4.69, 9.17) is 4.74 Å². The van der Waals surface area contributed by atoms with Crippen LogP contribution in [0.3, 0.4) is 0 Å². The lowest BCUT2D eigenvalue weighted by atomic mass is 10.2. The summed E-state index contributed by atoms with van der Waals surface area (Å²) in [4.78, 5) is 29.2. The van der Waals surface area contributed by atoms with E-state index in [-0.39, 0.29) is 11.2 Å². The van der Waals surface area contributed by atoms with E-state index in [9.17, 15) is 9.59 Å². The van der Waals surface area contributed by atoms with Gasteiger partial charge >= 0.3 is 5.97 Å². The summed E-state index contributed by atoms with van der Waals surface area (Å²) in [5, 5.41) is 3.20.